The maximum Gasteiger partial charge on any atom is 0.140 e. The molecule has 1 nitrogen and oxygen atoms in total. The molecule has 0 spiro atoms. The third-order valence-corrected chi connectivity index (χ3v) is 5.65. The van der Waals surface area contributed by atoms with Gasteiger partial charge in [0.25, 0.3) is 0 Å². The number of carbonyl (C=O) groups is 1. The third-order valence-electron chi connectivity index (χ3n) is 5.65. The molecule has 0 heterocycles. The zero-order chi connectivity index (χ0) is 9.02. The van der Waals surface area contributed by atoms with Crippen LogP contribution in [0, 0.1) is 47.3 Å². The van der Waals surface area contributed by atoms with Crippen LogP contribution >= 0.6 is 0 Å². The summed E-state index contributed by atoms with van der Waals surface area (Å²) in [4.78, 5) is 12.1. The summed E-state index contributed by atoms with van der Waals surface area (Å²) >= 11 is 0. The van der Waals surface area contributed by atoms with E-state index in [-0.39, 0.29) is 0 Å². The van der Waals surface area contributed by atoms with Gasteiger partial charge in [0.05, 0.1) is 0 Å². The molecule has 0 aromatic rings. The molecular formula is C13H12O. The van der Waals surface area contributed by atoms with Crippen LogP contribution in [0.5, 0.6) is 0 Å². The second kappa shape index (κ2) is 1.66. The summed E-state index contributed by atoms with van der Waals surface area (Å²) in [7, 11) is 0. The average molecular weight is 184 g/mol. The number of fused-ring (bicyclic) bond motifs is 2. The molecule has 70 valence electrons. The molecule has 2 bridgehead atoms. The molecule has 5 aliphatic rings. The number of allylic oxidation sites excluding steroid dienone is 4. The Bertz CT molecular complexity index is 381. The van der Waals surface area contributed by atoms with Gasteiger partial charge in [-0.05, 0) is 35.5 Å². The third kappa shape index (κ3) is 0.407. The number of hydrogen-bond acceptors (Lipinski definition) is 1. The van der Waals surface area contributed by atoms with Gasteiger partial charge in [0.15, 0.2) is 0 Å². The van der Waals surface area contributed by atoms with E-state index < -0.39 is 0 Å². The lowest BCUT2D eigenvalue weighted by Gasteiger charge is -2.59. The minimum atomic E-state index is 0.436. The van der Waals surface area contributed by atoms with Gasteiger partial charge in [-0.15, -0.1) is 0 Å². The predicted octanol–water partition coefficient (Wildman–Crippen LogP) is 1.67. The summed E-state index contributed by atoms with van der Waals surface area (Å²) in [6, 6.07) is 0. The molecule has 14 heavy (non-hydrogen) atoms. The minimum absolute atomic E-state index is 0.436. The van der Waals surface area contributed by atoms with Gasteiger partial charge in [-0.2, -0.15) is 0 Å². The van der Waals surface area contributed by atoms with Crippen molar-refractivity contribution in [1.82, 2.24) is 0 Å². The van der Waals surface area contributed by atoms with Gasteiger partial charge < -0.3 is 0 Å². The Hall–Kier alpha value is -0.850. The van der Waals surface area contributed by atoms with Gasteiger partial charge in [-0.3, -0.25) is 4.79 Å². The Morgan fingerprint density at radius 3 is 1.64 bits per heavy atom. The van der Waals surface area contributed by atoms with Crippen molar-refractivity contribution in [3.63, 3.8) is 0 Å². The SMILES string of the molecule is O=C1[C@@H]2[C@H]3C=C[C@@H]4[C@@H]5C=C[C@H]3[C@H]1[C@@H]5[C@@H]42. The molecule has 3 saturated carbocycles. The molecule has 0 saturated heterocycles. The van der Waals surface area contributed by atoms with Crippen molar-refractivity contribution >= 4 is 5.78 Å². The minimum Gasteiger partial charge on any atom is -0.299 e. The van der Waals surface area contributed by atoms with Crippen molar-refractivity contribution in [3.05, 3.63) is 24.3 Å². The Balaban J connectivity index is 1.89. The number of carbonyl (C=O) groups excluding carboxylic acids is 1. The molecule has 5 rings (SSSR count). The molecule has 1 heteroatoms. The highest BCUT2D eigenvalue weighted by Gasteiger charge is 2.73. The normalized spacial score (nSPS) is 69.0. The first-order valence-electron chi connectivity index (χ1n) is 5.78. The monoisotopic (exact) mass is 184 g/mol. The van der Waals surface area contributed by atoms with E-state index in [1.165, 1.54) is 0 Å². The maximum atomic E-state index is 12.1. The fourth-order valence-electron chi connectivity index (χ4n) is 5.33. The number of rotatable bonds is 0. The summed E-state index contributed by atoms with van der Waals surface area (Å²) in [5.41, 5.74) is 0. The Morgan fingerprint density at radius 2 is 1.14 bits per heavy atom. The van der Waals surface area contributed by atoms with Gasteiger partial charge in [0.1, 0.15) is 5.78 Å². The summed E-state index contributed by atoms with van der Waals surface area (Å²) in [5, 5.41) is 0. The van der Waals surface area contributed by atoms with Crippen molar-refractivity contribution in [2.75, 3.05) is 0 Å². The molecule has 0 aromatic heterocycles. The topological polar surface area (TPSA) is 17.1 Å². The van der Waals surface area contributed by atoms with E-state index in [2.05, 4.69) is 24.3 Å². The smallest absolute Gasteiger partial charge is 0.140 e. The summed E-state index contributed by atoms with van der Waals surface area (Å²) in [6.45, 7) is 0. The van der Waals surface area contributed by atoms with E-state index in [0.717, 1.165) is 23.7 Å². The molecule has 5 aliphatic carbocycles. The van der Waals surface area contributed by atoms with Crippen molar-refractivity contribution in [1.29, 1.82) is 0 Å². The molecule has 0 unspecified atom stereocenters. The van der Waals surface area contributed by atoms with Gasteiger partial charge in [0, 0.05) is 11.8 Å². The van der Waals surface area contributed by atoms with Crippen molar-refractivity contribution in [2.24, 2.45) is 47.3 Å². The predicted molar refractivity (Wildman–Crippen MR) is 51.2 cm³/mol. The number of ketones is 1. The second-order valence-electron chi connectivity index (χ2n) is 5.69. The first-order valence-corrected chi connectivity index (χ1v) is 5.78. The van der Waals surface area contributed by atoms with E-state index in [4.69, 9.17) is 0 Å². The maximum absolute atomic E-state index is 12.1. The molecule has 0 aliphatic heterocycles. The fourth-order valence-corrected chi connectivity index (χ4v) is 5.33. The molecular weight excluding hydrogens is 172 g/mol. The van der Waals surface area contributed by atoms with E-state index in [0.29, 0.717) is 29.5 Å². The van der Waals surface area contributed by atoms with E-state index >= 15 is 0 Å². The number of Topliss-reactive ketones (excluding diaryl/α,β-unsaturated/α-hetero) is 1. The van der Waals surface area contributed by atoms with E-state index in [1.54, 1.807) is 0 Å². The quantitative estimate of drug-likeness (QED) is 0.523. The van der Waals surface area contributed by atoms with Crippen LogP contribution in [-0.4, -0.2) is 5.78 Å². The zero-order valence-electron chi connectivity index (χ0n) is 7.84. The van der Waals surface area contributed by atoms with Gasteiger partial charge >= 0.3 is 0 Å². The Morgan fingerprint density at radius 1 is 0.714 bits per heavy atom. The Kier molecular flexibility index (Phi) is 0.783. The summed E-state index contributed by atoms with van der Waals surface area (Å²) < 4.78 is 0. The largest absolute Gasteiger partial charge is 0.299 e. The fraction of sp³-hybridized carbons (Fsp3) is 0.615. The highest BCUT2D eigenvalue weighted by Crippen LogP contribution is 2.72. The van der Waals surface area contributed by atoms with Crippen molar-refractivity contribution in [2.45, 2.75) is 0 Å². The molecule has 0 amide bonds. The summed E-state index contributed by atoms with van der Waals surface area (Å²) in [6.07, 6.45) is 9.55. The van der Waals surface area contributed by atoms with Crippen LogP contribution < -0.4 is 0 Å². The lowest BCUT2D eigenvalue weighted by atomic mass is 9.44. The zero-order valence-corrected chi connectivity index (χ0v) is 7.84. The van der Waals surface area contributed by atoms with E-state index in [1.807, 2.05) is 0 Å². The molecule has 0 radical (unpaired) electrons. The van der Waals surface area contributed by atoms with Crippen LogP contribution in [0.4, 0.5) is 0 Å². The van der Waals surface area contributed by atoms with Crippen LogP contribution in [-0.2, 0) is 4.79 Å². The van der Waals surface area contributed by atoms with Crippen LogP contribution in [0.2, 0.25) is 0 Å². The lowest BCUT2D eigenvalue weighted by molar-refractivity contribution is -0.122. The number of hydrogen-bond donors (Lipinski definition) is 0. The second-order valence-corrected chi connectivity index (χ2v) is 5.69. The summed E-state index contributed by atoms with van der Waals surface area (Å²) in [5.74, 6) is 5.64. The highest BCUT2D eigenvalue weighted by atomic mass is 16.1. The first-order chi connectivity index (χ1) is 6.88. The van der Waals surface area contributed by atoms with Crippen LogP contribution in [0.3, 0.4) is 0 Å². The lowest BCUT2D eigenvalue weighted by Crippen LogP contribution is -2.55. The average Bonchev–Trinajstić information content (AvgIpc) is 2.56. The van der Waals surface area contributed by atoms with E-state index in [9.17, 15) is 4.79 Å². The molecule has 0 N–H and O–H groups in total. The Labute approximate surface area is 82.9 Å². The first kappa shape index (κ1) is 6.60. The van der Waals surface area contributed by atoms with Crippen LogP contribution in [0.25, 0.3) is 0 Å². The van der Waals surface area contributed by atoms with Gasteiger partial charge in [-0.25, -0.2) is 0 Å². The highest BCUT2D eigenvalue weighted by molar-refractivity contribution is 5.92. The van der Waals surface area contributed by atoms with Crippen molar-refractivity contribution in [3.8, 4) is 0 Å². The molecule has 8 atom stereocenters. The van der Waals surface area contributed by atoms with Crippen LogP contribution in [0.15, 0.2) is 24.3 Å². The molecule has 0 aromatic carbocycles. The van der Waals surface area contributed by atoms with Gasteiger partial charge in [-0.1, -0.05) is 24.3 Å². The van der Waals surface area contributed by atoms with Gasteiger partial charge in [0.2, 0.25) is 0 Å². The van der Waals surface area contributed by atoms with Crippen molar-refractivity contribution < 1.29 is 4.79 Å². The van der Waals surface area contributed by atoms with Crippen LogP contribution in [0.1, 0.15) is 0 Å². The molecule has 3 fully saturated rings. The standard InChI is InChI=1S/C13H12O/c14-13-11-7-3-1-5-6-2-4-8(7)12(13)10(6)9(5)11/h1-12H/t5-,6+,7+,8-,9-,10+,11-,12+.